The van der Waals surface area contributed by atoms with E-state index in [-0.39, 0.29) is 0 Å². The van der Waals surface area contributed by atoms with E-state index in [0.717, 1.165) is 12.4 Å². The van der Waals surface area contributed by atoms with Gasteiger partial charge in [0.25, 0.3) is 0 Å². The summed E-state index contributed by atoms with van der Waals surface area (Å²) in [5.41, 5.74) is -0.412. The van der Waals surface area contributed by atoms with Crippen molar-refractivity contribution in [2.24, 2.45) is 0 Å². The first kappa shape index (κ1) is 11.1. The molecule has 0 bridgehead atoms. The van der Waals surface area contributed by atoms with E-state index in [2.05, 4.69) is 10.2 Å². The van der Waals surface area contributed by atoms with Crippen LogP contribution < -0.4 is 0 Å². The molecule has 0 unspecified atom stereocenters. The molecule has 0 saturated heterocycles. The Morgan fingerprint density at radius 3 is 2.71 bits per heavy atom. The summed E-state index contributed by atoms with van der Waals surface area (Å²) in [4.78, 5) is 0. The second kappa shape index (κ2) is 4.52. The van der Waals surface area contributed by atoms with Crippen molar-refractivity contribution in [3.8, 4) is 0 Å². The monoisotopic (exact) mass is 199 g/mol. The smallest absolute Gasteiger partial charge is 0.164 e. The van der Waals surface area contributed by atoms with Gasteiger partial charge < -0.3 is 14.0 Å². The van der Waals surface area contributed by atoms with E-state index in [0.29, 0.717) is 6.61 Å². The van der Waals surface area contributed by atoms with Gasteiger partial charge in [0, 0.05) is 20.8 Å². The van der Waals surface area contributed by atoms with Gasteiger partial charge in [-0.3, -0.25) is 0 Å². The molecule has 0 aliphatic carbocycles. The van der Waals surface area contributed by atoms with Crippen molar-refractivity contribution in [3.63, 3.8) is 0 Å². The molecular formula is C9H17N3O2. The van der Waals surface area contributed by atoms with Crippen LogP contribution in [0.25, 0.3) is 0 Å². The number of hydrogen-bond donors (Lipinski definition) is 0. The summed E-state index contributed by atoms with van der Waals surface area (Å²) in [6, 6.07) is 0. The van der Waals surface area contributed by atoms with Crippen molar-refractivity contribution in [3.05, 3.63) is 12.2 Å². The second-order valence-electron chi connectivity index (χ2n) is 3.56. The molecule has 0 atom stereocenters. The minimum Gasteiger partial charge on any atom is -0.383 e. The van der Waals surface area contributed by atoms with Crippen LogP contribution in [0.5, 0.6) is 0 Å². The highest BCUT2D eigenvalue weighted by Gasteiger charge is 2.25. The van der Waals surface area contributed by atoms with Gasteiger partial charge in [0.1, 0.15) is 11.9 Å². The molecule has 80 valence electrons. The van der Waals surface area contributed by atoms with E-state index < -0.39 is 5.60 Å². The molecular weight excluding hydrogens is 182 g/mol. The molecule has 1 heterocycles. The molecule has 0 spiro atoms. The number of hydrogen-bond acceptors (Lipinski definition) is 4. The Morgan fingerprint density at radius 2 is 2.14 bits per heavy atom. The van der Waals surface area contributed by atoms with Crippen LogP contribution in [0.15, 0.2) is 6.33 Å². The lowest BCUT2D eigenvalue weighted by atomic mass is 10.1. The molecule has 5 heteroatoms. The van der Waals surface area contributed by atoms with Crippen LogP contribution in [0.3, 0.4) is 0 Å². The highest BCUT2D eigenvalue weighted by molar-refractivity contribution is 4.98. The molecule has 14 heavy (non-hydrogen) atoms. The third kappa shape index (κ3) is 2.30. The summed E-state index contributed by atoms with van der Waals surface area (Å²) >= 11 is 0. The van der Waals surface area contributed by atoms with Gasteiger partial charge in [0.05, 0.1) is 6.61 Å². The Kier molecular flexibility index (Phi) is 3.60. The van der Waals surface area contributed by atoms with E-state index in [1.807, 2.05) is 18.4 Å². The summed E-state index contributed by atoms with van der Waals surface area (Å²) in [6.45, 7) is 5.30. The van der Waals surface area contributed by atoms with Gasteiger partial charge in [-0.25, -0.2) is 0 Å². The maximum atomic E-state index is 5.34. The third-order valence-corrected chi connectivity index (χ3v) is 2.20. The lowest BCUT2D eigenvalue weighted by molar-refractivity contribution is 0.00738. The quantitative estimate of drug-likeness (QED) is 0.704. The zero-order valence-corrected chi connectivity index (χ0v) is 9.15. The number of methoxy groups -OCH3 is 2. The normalized spacial score (nSPS) is 12.0. The van der Waals surface area contributed by atoms with Gasteiger partial charge in [-0.15, -0.1) is 10.2 Å². The van der Waals surface area contributed by atoms with Crippen LogP contribution >= 0.6 is 0 Å². The first-order chi connectivity index (χ1) is 6.61. The minimum absolute atomic E-state index is 0.412. The zero-order valence-electron chi connectivity index (χ0n) is 9.15. The van der Waals surface area contributed by atoms with Crippen molar-refractivity contribution >= 4 is 0 Å². The molecule has 0 aliphatic heterocycles. The molecule has 0 aliphatic rings. The Hall–Kier alpha value is -0.940. The summed E-state index contributed by atoms with van der Waals surface area (Å²) in [5.74, 6) is 0.817. The minimum atomic E-state index is -0.412. The second-order valence-corrected chi connectivity index (χ2v) is 3.56. The molecule has 5 nitrogen and oxygen atoms in total. The van der Waals surface area contributed by atoms with Crippen LogP contribution in [-0.4, -0.2) is 35.6 Å². The zero-order chi connectivity index (χ0) is 10.6. The fourth-order valence-electron chi connectivity index (χ4n) is 1.17. The predicted molar refractivity (Wildman–Crippen MR) is 51.9 cm³/mol. The largest absolute Gasteiger partial charge is 0.383 e. The fourth-order valence-corrected chi connectivity index (χ4v) is 1.17. The molecule has 1 aromatic heterocycles. The van der Waals surface area contributed by atoms with E-state index >= 15 is 0 Å². The molecule has 1 aromatic rings. The summed E-state index contributed by atoms with van der Waals surface area (Å²) in [7, 11) is 3.33. The van der Waals surface area contributed by atoms with E-state index in [4.69, 9.17) is 9.47 Å². The molecule has 0 radical (unpaired) electrons. The Bertz CT molecular complexity index is 283. The third-order valence-electron chi connectivity index (χ3n) is 2.20. The van der Waals surface area contributed by atoms with Gasteiger partial charge in [0.15, 0.2) is 5.82 Å². The van der Waals surface area contributed by atoms with Crippen LogP contribution in [-0.2, 0) is 21.6 Å². The standard InChI is InChI=1S/C9H17N3O2/c1-9(2,14-4)8-11-10-7-12(8)5-6-13-3/h7H,5-6H2,1-4H3. The number of rotatable bonds is 5. The molecule has 0 N–H and O–H groups in total. The first-order valence-electron chi connectivity index (χ1n) is 4.54. The van der Waals surface area contributed by atoms with Crippen molar-refractivity contribution < 1.29 is 9.47 Å². The molecule has 0 saturated carbocycles. The maximum Gasteiger partial charge on any atom is 0.164 e. The summed E-state index contributed by atoms with van der Waals surface area (Å²) < 4.78 is 12.3. The first-order valence-corrected chi connectivity index (χ1v) is 4.54. The SMILES string of the molecule is COCCn1cnnc1C(C)(C)OC. The van der Waals surface area contributed by atoms with Gasteiger partial charge in [-0.1, -0.05) is 0 Å². The van der Waals surface area contributed by atoms with E-state index in [1.165, 1.54) is 0 Å². The van der Waals surface area contributed by atoms with Gasteiger partial charge in [-0.2, -0.15) is 0 Å². The fraction of sp³-hybridized carbons (Fsp3) is 0.778. The average molecular weight is 199 g/mol. The highest BCUT2D eigenvalue weighted by atomic mass is 16.5. The van der Waals surface area contributed by atoms with Gasteiger partial charge >= 0.3 is 0 Å². The van der Waals surface area contributed by atoms with Crippen molar-refractivity contribution in [1.29, 1.82) is 0 Å². The van der Waals surface area contributed by atoms with Crippen LogP contribution in [0.1, 0.15) is 19.7 Å². The van der Waals surface area contributed by atoms with Crippen LogP contribution in [0.2, 0.25) is 0 Å². The average Bonchev–Trinajstić information content (AvgIpc) is 2.63. The van der Waals surface area contributed by atoms with Crippen LogP contribution in [0, 0.1) is 0 Å². The lowest BCUT2D eigenvalue weighted by Crippen LogP contribution is -2.25. The number of ether oxygens (including phenoxy) is 2. The number of nitrogens with zero attached hydrogens (tertiary/aromatic N) is 3. The van der Waals surface area contributed by atoms with Crippen molar-refractivity contribution in [2.45, 2.75) is 26.0 Å². The number of aromatic nitrogens is 3. The predicted octanol–water partition coefficient (Wildman–Crippen LogP) is 0.806. The highest BCUT2D eigenvalue weighted by Crippen LogP contribution is 2.20. The topological polar surface area (TPSA) is 49.2 Å². The summed E-state index contributed by atoms with van der Waals surface area (Å²) in [5, 5.41) is 7.91. The summed E-state index contributed by atoms with van der Waals surface area (Å²) in [6.07, 6.45) is 1.69. The van der Waals surface area contributed by atoms with Crippen LogP contribution in [0.4, 0.5) is 0 Å². The van der Waals surface area contributed by atoms with E-state index in [9.17, 15) is 0 Å². The lowest BCUT2D eigenvalue weighted by Gasteiger charge is -2.22. The molecule has 1 rings (SSSR count). The Labute approximate surface area is 84.0 Å². The molecule has 0 amide bonds. The Morgan fingerprint density at radius 1 is 1.43 bits per heavy atom. The molecule has 0 aromatic carbocycles. The van der Waals surface area contributed by atoms with Crippen molar-refractivity contribution in [1.82, 2.24) is 14.8 Å². The van der Waals surface area contributed by atoms with Gasteiger partial charge in [-0.05, 0) is 13.8 Å². The molecule has 0 fully saturated rings. The van der Waals surface area contributed by atoms with Crippen molar-refractivity contribution in [2.75, 3.05) is 20.8 Å². The van der Waals surface area contributed by atoms with E-state index in [1.54, 1.807) is 20.5 Å². The maximum absolute atomic E-state index is 5.34. The Balaban J connectivity index is 2.81. The van der Waals surface area contributed by atoms with Gasteiger partial charge in [0.2, 0.25) is 0 Å².